The average Bonchev–Trinajstić information content (AvgIpc) is 3.64. The van der Waals surface area contributed by atoms with Crippen LogP contribution < -0.4 is 20.1 Å². The zero-order valence-corrected chi connectivity index (χ0v) is 30.3. The van der Waals surface area contributed by atoms with Crippen LogP contribution in [0.1, 0.15) is 58.4 Å². The number of ether oxygens (including phenoxy) is 4. The zero-order chi connectivity index (χ0) is 37.7. The molecule has 0 aliphatic carbocycles. The van der Waals surface area contributed by atoms with Gasteiger partial charge in [0.2, 0.25) is 0 Å². The van der Waals surface area contributed by atoms with Crippen LogP contribution in [0.5, 0.6) is 11.8 Å². The second-order valence-corrected chi connectivity index (χ2v) is 15.2. The molecule has 14 heteroatoms. The van der Waals surface area contributed by atoms with Gasteiger partial charge in [0.15, 0.2) is 12.6 Å². The number of aromatic nitrogens is 3. The van der Waals surface area contributed by atoms with E-state index in [-0.39, 0.29) is 52.5 Å². The van der Waals surface area contributed by atoms with E-state index in [2.05, 4.69) is 20.8 Å². The normalized spacial score (nSPS) is 23.3. The quantitative estimate of drug-likeness (QED) is 0.150. The minimum atomic E-state index is -0.975. The maximum atomic E-state index is 17.3. The highest BCUT2D eigenvalue weighted by Crippen LogP contribution is 2.44. The van der Waals surface area contributed by atoms with Crippen LogP contribution in [0.15, 0.2) is 30.5 Å². The van der Waals surface area contributed by atoms with Crippen molar-refractivity contribution in [2.45, 2.75) is 76.7 Å². The first-order chi connectivity index (χ1) is 25.3. The molecule has 3 saturated heterocycles. The first-order valence-corrected chi connectivity index (χ1v) is 17.8. The lowest BCUT2D eigenvalue weighted by Gasteiger charge is -2.47. The number of hydrogen-bond acceptors (Lipinski definition) is 10. The summed E-state index contributed by atoms with van der Waals surface area (Å²) in [7, 11) is 1.47. The van der Waals surface area contributed by atoms with Gasteiger partial charge in [-0.15, -0.1) is 6.42 Å². The van der Waals surface area contributed by atoms with Crippen molar-refractivity contribution in [3.8, 4) is 35.4 Å². The molecule has 5 heterocycles. The monoisotopic (exact) mass is 732 g/mol. The summed E-state index contributed by atoms with van der Waals surface area (Å²) in [6.45, 7) is 7.65. The first kappa shape index (κ1) is 36.5. The van der Waals surface area contributed by atoms with Gasteiger partial charge in [-0.2, -0.15) is 9.97 Å². The van der Waals surface area contributed by atoms with Crippen LogP contribution in [0.2, 0.25) is 0 Å². The van der Waals surface area contributed by atoms with Crippen molar-refractivity contribution >= 4 is 33.6 Å². The fourth-order valence-corrected chi connectivity index (χ4v) is 8.59. The number of carbonyl (C=O) groups excluding carboxylic acids is 1. The SMILES string of the molecule is C#Cc1c(F)ccc2cc(OCOC)cc(-c3ncc4c(N5CCCC(OC(N)=O)[C@@H]5C(C)(C)C)nc(OC[C@@]56CCCN5C[C@H](F)C6)nc4c3F)c12. The molecule has 7 rings (SSSR count). The summed E-state index contributed by atoms with van der Waals surface area (Å²) in [5.41, 5.74) is 4.39. The molecule has 4 aromatic rings. The Kier molecular flexibility index (Phi) is 9.75. The van der Waals surface area contributed by atoms with E-state index in [1.54, 1.807) is 6.07 Å². The van der Waals surface area contributed by atoms with E-state index in [0.29, 0.717) is 49.3 Å². The van der Waals surface area contributed by atoms with Gasteiger partial charge >= 0.3 is 12.1 Å². The lowest BCUT2D eigenvalue weighted by molar-refractivity contribution is 0.0399. The molecule has 0 spiro atoms. The van der Waals surface area contributed by atoms with Crippen LogP contribution >= 0.6 is 0 Å². The average molecular weight is 733 g/mol. The third kappa shape index (κ3) is 6.76. The highest BCUT2D eigenvalue weighted by Gasteiger charge is 2.49. The Morgan fingerprint density at radius 2 is 1.96 bits per heavy atom. The van der Waals surface area contributed by atoms with Crippen molar-refractivity contribution in [2.24, 2.45) is 11.1 Å². The minimum Gasteiger partial charge on any atom is -0.468 e. The Morgan fingerprint density at radius 1 is 1.15 bits per heavy atom. The van der Waals surface area contributed by atoms with E-state index in [0.717, 1.165) is 19.4 Å². The molecule has 1 unspecified atom stereocenters. The number of halogens is 3. The van der Waals surface area contributed by atoms with E-state index >= 15 is 8.78 Å². The lowest BCUT2D eigenvalue weighted by atomic mass is 9.78. The molecule has 0 saturated carbocycles. The fraction of sp³-hybridized carbons (Fsp3) is 0.487. The Labute approximate surface area is 305 Å². The molecule has 1 amide bonds. The summed E-state index contributed by atoms with van der Waals surface area (Å²) in [6, 6.07) is 5.44. The number of alkyl halides is 1. The summed E-state index contributed by atoms with van der Waals surface area (Å²) < 4.78 is 69.9. The van der Waals surface area contributed by atoms with Gasteiger partial charge in [-0.3, -0.25) is 9.88 Å². The number of primary amides is 1. The molecule has 0 radical (unpaired) electrons. The maximum absolute atomic E-state index is 17.3. The number of benzene rings is 2. The number of nitrogens with two attached hydrogens (primary N) is 1. The van der Waals surface area contributed by atoms with E-state index in [1.807, 2.05) is 25.7 Å². The van der Waals surface area contributed by atoms with Gasteiger partial charge in [-0.25, -0.2) is 18.0 Å². The molecule has 280 valence electrons. The first-order valence-electron chi connectivity index (χ1n) is 17.8. The van der Waals surface area contributed by atoms with Crippen molar-refractivity contribution in [2.75, 3.05) is 45.0 Å². The molecule has 3 aliphatic rings. The van der Waals surface area contributed by atoms with Gasteiger partial charge in [-0.05, 0) is 61.2 Å². The van der Waals surface area contributed by atoms with Gasteiger partial charge < -0.3 is 29.6 Å². The van der Waals surface area contributed by atoms with E-state index in [9.17, 15) is 9.18 Å². The highest BCUT2D eigenvalue weighted by molar-refractivity contribution is 6.03. The van der Waals surface area contributed by atoms with Crippen molar-refractivity contribution in [3.05, 3.63) is 47.7 Å². The van der Waals surface area contributed by atoms with Crippen LogP contribution in [-0.2, 0) is 9.47 Å². The molecule has 4 atom stereocenters. The van der Waals surface area contributed by atoms with E-state index < -0.39 is 47.0 Å². The molecule has 3 aliphatic heterocycles. The second-order valence-electron chi connectivity index (χ2n) is 15.2. The summed E-state index contributed by atoms with van der Waals surface area (Å²) in [6.07, 6.45) is 7.98. The largest absolute Gasteiger partial charge is 0.468 e. The second kappa shape index (κ2) is 14.2. The van der Waals surface area contributed by atoms with Gasteiger partial charge in [0.1, 0.15) is 47.5 Å². The third-order valence-electron chi connectivity index (χ3n) is 10.7. The number of piperidine rings is 1. The molecule has 2 aromatic carbocycles. The van der Waals surface area contributed by atoms with Gasteiger partial charge in [0.05, 0.1) is 22.5 Å². The molecule has 2 aromatic heterocycles. The Balaban J connectivity index is 1.43. The highest BCUT2D eigenvalue weighted by atomic mass is 19.1. The summed E-state index contributed by atoms with van der Waals surface area (Å²) >= 11 is 0. The van der Waals surface area contributed by atoms with Crippen molar-refractivity contribution < 1.29 is 36.9 Å². The van der Waals surface area contributed by atoms with Crippen molar-refractivity contribution in [1.29, 1.82) is 0 Å². The van der Waals surface area contributed by atoms with E-state index in [4.69, 9.17) is 36.1 Å². The van der Waals surface area contributed by atoms with Crippen LogP contribution in [0, 0.1) is 29.4 Å². The number of hydrogen-bond donors (Lipinski definition) is 1. The van der Waals surface area contributed by atoms with Crippen molar-refractivity contribution in [1.82, 2.24) is 19.9 Å². The van der Waals surface area contributed by atoms with Gasteiger partial charge in [-0.1, -0.05) is 32.8 Å². The fourth-order valence-electron chi connectivity index (χ4n) is 8.59. The number of amides is 1. The van der Waals surface area contributed by atoms with Crippen LogP contribution in [-0.4, -0.2) is 89.9 Å². The number of anilines is 1. The predicted molar refractivity (Wildman–Crippen MR) is 193 cm³/mol. The molecule has 53 heavy (non-hydrogen) atoms. The molecule has 11 nitrogen and oxygen atoms in total. The van der Waals surface area contributed by atoms with Gasteiger partial charge in [0, 0.05) is 43.8 Å². The molecule has 0 bridgehead atoms. The third-order valence-corrected chi connectivity index (χ3v) is 10.7. The smallest absolute Gasteiger partial charge is 0.404 e. The summed E-state index contributed by atoms with van der Waals surface area (Å²) in [5, 5.41) is 1.05. The van der Waals surface area contributed by atoms with Crippen LogP contribution in [0.3, 0.4) is 0 Å². The number of carbonyl (C=O) groups is 1. The van der Waals surface area contributed by atoms with Crippen LogP contribution in [0.4, 0.5) is 23.8 Å². The number of methoxy groups -OCH3 is 1. The van der Waals surface area contributed by atoms with Crippen molar-refractivity contribution in [3.63, 3.8) is 0 Å². The molecular weight excluding hydrogens is 689 g/mol. The topological polar surface area (TPSA) is 125 Å². The Bertz CT molecular complexity index is 2100. The summed E-state index contributed by atoms with van der Waals surface area (Å²) in [5.74, 6) is 1.58. The number of rotatable bonds is 9. The standard InChI is InChI=1S/C39H43F3N6O5/c1-6-25-28(41)11-10-22-15-24(52-21-50-5)16-26(30(22)25)32-31(42)33-27(18-44-32)35(48-14-7-9-29(53-36(43)49)34(48)38(2,3)4)46-37(45-33)51-20-39-12-8-13-47(39)19-23(40)17-39/h1,10-11,15-16,18,23,29,34H,7-9,12-14,17,19-21H2,2-5H3,(H2,43,49)/t23-,29?,34-,39+/m1/s1. The Hall–Kier alpha value is -4.87. The number of fused-ring (bicyclic) bond motifs is 3. The van der Waals surface area contributed by atoms with E-state index in [1.165, 1.54) is 31.5 Å². The number of pyridine rings is 1. The maximum Gasteiger partial charge on any atom is 0.404 e. The lowest BCUT2D eigenvalue weighted by Crippen LogP contribution is -2.57. The Morgan fingerprint density at radius 3 is 2.70 bits per heavy atom. The number of terminal acetylenes is 1. The minimum absolute atomic E-state index is 0.0607. The molecular formula is C39H43F3N6O5. The molecule has 3 fully saturated rings. The van der Waals surface area contributed by atoms with Gasteiger partial charge in [0.25, 0.3) is 0 Å². The molecule has 2 N–H and O–H groups in total. The van der Waals surface area contributed by atoms with Crippen LogP contribution in [0.25, 0.3) is 32.9 Å². The number of nitrogens with zero attached hydrogens (tertiary/aromatic N) is 5. The zero-order valence-electron chi connectivity index (χ0n) is 30.3. The predicted octanol–water partition coefficient (Wildman–Crippen LogP) is 6.52. The summed E-state index contributed by atoms with van der Waals surface area (Å²) in [4.78, 5) is 30.2.